The molecular weight excluding hydrogens is 269 g/mol. The van der Waals surface area contributed by atoms with Crippen molar-refractivity contribution in [1.29, 1.82) is 0 Å². The highest BCUT2D eigenvalue weighted by Crippen LogP contribution is 2.17. The Bertz CT molecular complexity index is 479. The van der Waals surface area contributed by atoms with E-state index < -0.39 is 16.6 Å². The number of carbonyl (C=O) groups excluding carboxylic acids is 1. The van der Waals surface area contributed by atoms with Gasteiger partial charge in [0, 0.05) is 11.9 Å². The van der Waals surface area contributed by atoms with Crippen molar-refractivity contribution in [2.24, 2.45) is 0 Å². The number of amides is 1. The highest BCUT2D eigenvalue weighted by molar-refractivity contribution is 7.84. The van der Waals surface area contributed by atoms with E-state index in [-0.39, 0.29) is 23.5 Å². The van der Waals surface area contributed by atoms with Crippen LogP contribution in [-0.4, -0.2) is 29.1 Å². The Labute approximate surface area is 114 Å². The molecule has 6 heteroatoms. The van der Waals surface area contributed by atoms with Crippen LogP contribution in [0.5, 0.6) is 0 Å². The molecule has 0 saturated heterocycles. The van der Waals surface area contributed by atoms with E-state index in [1.165, 1.54) is 18.4 Å². The van der Waals surface area contributed by atoms with Gasteiger partial charge >= 0.3 is 0 Å². The van der Waals surface area contributed by atoms with Crippen molar-refractivity contribution in [3.05, 3.63) is 24.0 Å². The van der Waals surface area contributed by atoms with Crippen molar-refractivity contribution in [3.63, 3.8) is 0 Å². The molecular formula is C13H18FNO3S. The zero-order chi connectivity index (χ0) is 14.4. The number of carbonyl (C=O) groups is 1. The van der Waals surface area contributed by atoms with Crippen LogP contribution in [0.4, 0.5) is 10.1 Å². The average molecular weight is 287 g/mol. The van der Waals surface area contributed by atoms with Gasteiger partial charge in [-0.25, -0.2) is 4.39 Å². The van der Waals surface area contributed by atoms with E-state index in [1.54, 1.807) is 0 Å². The maximum atomic E-state index is 13.5. The summed E-state index contributed by atoms with van der Waals surface area (Å²) in [6.45, 7) is 3.76. The highest BCUT2D eigenvalue weighted by atomic mass is 32.2. The van der Waals surface area contributed by atoms with Crippen molar-refractivity contribution >= 4 is 22.4 Å². The van der Waals surface area contributed by atoms with Gasteiger partial charge in [0.15, 0.2) is 0 Å². The van der Waals surface area contributed by atoms with Gasteiger partial charge in [-0.1, -0.05) is 6.92 Å². The van der Waals surface area contributed by atoms with Gasteiger partial charge in [0.25, 0.3) is 0 Å². The zero-order valence-electron chi connectivity index (χ0n) is 11.2. The molecule has 19 heavy (non-hydrogen) atoms. The fourth-order valence-corrected chi connectivity index (χ4v) is 1.94. The molecule has 0 bridgehead atoms. The van der Waals surface area contributed by atoms with Crippen LogP contribution >= 0.6 is 0 Å². The lowest BCUT2D eigenvalue weighted by molar-refractivity contribution is -0.122. The summed E-state index contributed by atoms with van der Waals surface area (Å²) in [5.41, 5.74) is 0.324. The van der Waals surface area contributed by atoms with E-state index in [0.717, 1.165) is 12.5 Å². The number of nitrogens with one attached hydrogen (secondary N) is 1. The van der Waals surface area contributed by atoms with Gasteiger partial charge in [-0.3, -0.25) is 9.00 Å². The number of benzene rings is 1. The third-order valence-corrected chi connectivity index (χ3v) is 3.55. The summed E-state index contributed by atoms with van der Waals surface area (Å²) in [6, 6.07) is 4.06. The third kappa shape index (κ3) is 5.08. The Balaban J connectivity index is 2.60. The minimum Gasteiger partial charge on any atom is -0.369 e. The summed E-state index contributed by atoms with van der Waals surface area (Å²) in [5, 5.41) is 2.53. The van der Waals surface area contributed by atoms with Crippen molar-refractivity contribution in [2.75, 3.05) is 18.2 Å². The molecule has 1 amide bonds. The van der Waals surface area contributed by atoms with Crippen LogP contribution in [-0.2, 0) is 20.3 Å². The number of rotatable bonds is 6. The van der Waals surface area contributed by atoms with Crippen LogP contribution in [0.1, 0.15) is 20.3 Å². The average Bonchev–Trinajstić information content (AvgIpc) is 2.35. The van der Waals surface area contributed by atoms with Crippen LogP contribution in [0, 0.1) is 5.82 Å². The number of halogens is 1. The first-order valence-corrected chi connectivity index (χ1v) is 7.54. The lowest BCUT2D eigenvalue weighted by Crippen LogP contribution is -2.21. The minimum absolute atomic E-state index is 0.00683. The van der Waals surface area contributed by atoms with E-state index in [1.807, 2.05) is 13.8 Å². The maximum Gasteiger partial charge on any atom is 0.250 e. The molecule has 0 aliphatic heterocycles. The molecule has 0 saturated carbocycles. The predicted molar refractivity (Wildman–Crippen MR) is 73.1 cm³/mol. The van der Waals surface area contributed by atoms with E-state index in [2.05, 4.69) is 5.32 Å². The summed E-state index contributed by atoms with van der Waals surface area (Å²) >= 11 is 0. The number of hydrogen-bond donors (Lipinski definition) is 1. The lowest BCUT2D eigenvalue weighted by Gasteiger charge is -2.11. The van der Waals surface area contributed by atoms with E-state index in [9.17, 15) is 13.4 Å². The molecule has 0 fully saturated rings. The Kier molecular flexibility index (Phi) is 6.11. The monoisotopic (exact) mass is 287 g/mol. The topological polar surface area (TPSA) is 55.4 Å². The molecule has 1 aromatic carbocycles. The van der Waals surface area contributed by atoms with Gasteiger partial charge in [0.2, 0.25) is 5.91 Å². The van der Waals surface area contributed by atoms with Crippen molar-refractivity contribution in [2.45, 2.75) is 31.3 Å². The number of ether oxygens (including phenoxy) is 1. The first kappa shape index (κ1) is 15.8. The molecule has 0 radical (unpaired) electrons. The second-order valence-electron chi connectivity index (χ2n) is 4.18. The summed E-state index contributed by atoms with van der Waals surface area (Å²) in [6.07, 6.45) is 2.22. The number of anilines is 1. The zero-order valence-corrected chi connectivity index (χ0v) is 12.1. The molecule has 0 aliphatic rings. The fourth-order valence-electron chi connectivity index (χ4n) is 1.34. The lowest BCUT2D eigenvalue weighted by atomic mass is 10.3. The molecule has 1 N–H and O–H groups in total. The molecule has 0 spiro atoms. The standard InChI is InChI=1S/C13H18FNO3S/c1-4-9(2)18-8-13(16)15-10-5-6-12(19(3)17)11(14)7-10/h5-7,9H,4,8H2,1-3H3,(H,15,16)/t9-,19+/m1/s1. The molecule has 0 unspecified atom stereocenters. The summed E-state index contributed by atoms with van der Waals surface area (Å²) in [7, 11) is -1.38. The second-order valence-corrected chi connectivity index (χ2v) is 5.53. The molecule has 1 rings (SSSR count). The van der Waals surface area contributed by atoms with E-state index >= 15 is 0 Å². The largest absolute Gasteiger partial charge is 0.369 e. The molecule has 0 aliphatic carbocycles. The quantitative estimate of drug-likeness (QED) is 0.873. The van der Waals surface area contributed by atoms with Gasteiger partial charge in [-0.2, -0.15) is 0 Å². The van der Waals surface area contributed by atoms with Crippen LogP contribution in [0.15, 0.2) is 23.1 Å². The second kappa shape index (κ2) is 7.35. The van der Waals surface area contributed by atoms with E-state index in [4.69, 9.17) is 4.74 Å². The molecule has 2 atom stereocenters. The van der Waals surface area contributed by atoms with Crippen molar-refractivity contribution in [1.82, 2.24) is 0 Å². The van der Waals surface area contributed by atoms with Crippen molar-refractivity contribution in [3.8, 4) is 0 Å². The van der Waals surface area contributed by atoms with Crippen LogP contribution in [0.3, 0.4) is 0 Å². The molecule has 0 aromatic heterocycles. The molecule has 0 heterocycles. The molecule has 1 aromatic rings. The first-order valence-electron chi connectivity index (χ1n) is 5.98. The molecule has 4 nitrogen and oxygen atoms in total. The Morgan fingerprint density at radius 2 is 2.21 bits per heavy atom. The predicted octanol–water partition coefficient (Wildman–Crippen LogP) is 2.32. The normalized spacial score (nSPS) is 13.9. The number of hydrogen-bond acceptors (Lipinski definition) is 3. The molecule has 106 valence electrons. The Hall–Kier alpha value is -1.27. The first-order chi connectivity index (χ1) is 8.93. The van der Waals surface area contributed by atoms with Crippen LogP contribution in [0.2, 0.25) is 0 Å². The smallest absolute Gasteiger partial charge is 0.250 e. The van der Waals surface area contributed by atoms with Gasteiger partial charge in [-0.15, -0.1) is 0 Å². The minimum atomic E-state index is -1.38. The maximum absolute atomic E-state index is 13.5. The fraction of sp³-hybridized carbons (Fsp3) is 0.462. The van der Waals surface area contributed by atoms with Gasteiger partial charge in [0.1, 0.15) is 12.4 Å². The van der Waals surface area contributed by atoms with E-state index in [0.29, 0.717) is 5.69 Å². The summed E-state index contributed by atoms with van der Waals surface area (Å²) in [4.78, 5) is 11.7. The SMILES string of the molecule is CC[C@@H](C)OCC(=O)Nc1ccc([S@](C)=O)c(F)c1. The van der Waals surface area contributed by atoms with Gasteiger partial charge < -0.3 is 10.1 Å². The highest BCUT2D eigenvalue weighted by Gasteiger charge is 2.09. The van der Waals surface area contributed by atoms with Gasteiger partial charge in [-0.05, 0) is 31.5 Å². The van der Waals surface area contributed by atoms with Crippen molar-refractivity contribution < 1.29 is 18.1 Å². The van der Waals surface area contributed by atoms with Crippen LogP contribution < -0.4 is 5.32 Å². The summed E-state index contributed by atoms with van der Waals surface area (Å²) in [5.74, 6) is -0.938. The van der Waals surface area contributed by atoms with Gasteiger partial charge in [0.05, 0.1) is 21.8 Å². The Morgan fingerprint density at radius 1 is 1.53 bits per heavy atom. The summed E-state index contributed by atoms with van der Waals surface area (Å²) < 4.78 is 30.0. The Morgan fingerprint density at radius 3 is 2.74 bits per heavy atom. The van der Waals surface area contributed by atoms with Crippen LogP contribution in [0.25, 0.3) is 0 Å². The third-order valence-electron chi connectivity index (χ3n) is 2.60.